The van der Waals surface area contributed by atoms with Crippen molar-refractivity contribution in [2.24, 2.45) is 0 Å². The van der Waals surface area contributed by atoms with Crippen molar-refractivity contribution in [3.05, 3.63) is 29.3 Å². The Morgan fingerprint density at radius 1 is 1.53 bits per heavy atom. The number of hydrogen-bond acceptors (Lipinski definition) is 3. The van der Waals surface area contributed by atoms with Crippen LogP contribution < -0.4 is 5.32 Å². The highest BCUT2D eigenvalue weighted by Crippen LogP contribution is 2.34. The van der Waals surface area contributed by atoms with Crippen LogP contribution in [0.25, 0.3) is 0 Å². The molecule has 0 bridgehead atoms. The standard InChI is InChI=1S/C11H13NO2.ClH/c1-7-4-3-5-8-9(11(13)14-2)6-12-10(7)8;/h3-5,9,12H,6H2,1-2H3;1H. The topological polar surface area (TPSA) is 38.3 Å². The van der Waals surface area contributed by atoms with Gasteiger partial charge in [0, 0.05) is 12.2 Å². The first-order chi connectivity index (χ1) is 6.74. The number of halogens is 1. The van der Waals surface area contributed by atoms with Gasteiger partial charge in [0.15, 0.2) is 0 Å². The molecule has 0 saturated carbocycles. The van der Waals surface area contributed by atoms with Gasteiger partial charge in [0.1, 0.15) is 5.92 Å². The summed E-state index contributed by atoms with van der Waals surface area (Å²) in [6.45, 7) is 2.68. The predicted molar refractivity (Wildman–Crippen MR) is 61.7 cm³/mol. The number of benzene rings is 1. The molecular formula is C11H14ClNO2. The maximum atomic E-state index is 11.4. The van der Waals surface area contributed by atoms with Crippen molar-refractivity contribution < 1.29 is 9.53 Å². The molecule has 1 aliphatic rings. The van der Waals surface area contributed by atoms with E-state index in [0.717, 1.165) is 11.3 Å². The van der Waals surface area contributed by atoms with Crippen LogP contribution in [0.4, 0.5) is 5.69 Å². The molecule has 1 aliphatic heterocycles. The Bertz CT molecular complexity index is 379. The molecule has 0 radical (unpaired) electrons. The Labute approximate surface area is 95.2 Å². The third-order valence-corrected chi connectivity index (χ3v) is 2.65. The number of para-hydroxylation sites is 1. The van der Waals surface area contributed by atoms with Crippen molar-refractivity contribution in [1.82, 2.24) is 0 Å². The second kappa shape index (κ2) is 4.53. The monoisotopic (exact) mass is 227 g/mol. The Kier molecular flexibility index (Phi) is 3.58. The minimum absolute atomic E-state index is 0. The quantitative estimate of drug-likeness (QED) is 0.747. The van der Waals surface area contributed by atoms with Gasteiger partial charge in [-0.15, -0.1) is 12.4 Å². The zero-order valence-electron chi connectivity index (χ0n) is 8.74. The molecule has 1 aromatic carbocycles. The Hall–Kier alpha value is -1.22. The highest BCUT2D eigenvalue weighted by atomic mass is 35.5. The number of carbonyl (C=O) groups excluding carboxylic acids is 1. The van der Waals surface area contributed by atoms with Gasteiger partial charge in [0.2, 0.25) is 0 Å². The van der Waals surface area contributed by atoms with Crippen LogP contribution in [0.2, 0.25) is 0 Å². The summed E-state index contributed by atoms with van der Waals surface area (Å²) in [5.74, 6) is -0.309. The SMILES string of the molecule is COC(=O)C1CNc2c(C)cccc21.Cl. The maximum Gasteiger partial charge on any atom is 0.315 e. The van der Waals surface area contributed by atoms with Crippen molar-refractivity contribution in [3.63, 3.8) is 0 Å². The normalized spacial score (nSPS) is 17.3. The number of methoxy groups -OCH3 is 1. The van der Waals surface area contributed by atoms with Gasteiger partial charge in [-0.25, -0.2) is 0 Å². The maximum absolute atomic E-state index is 11.4. The fraction of sp³-hybridized carbons (Fsp3) is 0.364. The first-order valence-electron chi connectivity index (χ1n) is 4.65. The Balaban J connectivity index is 0.00000112. The van der Waals surface area contributed by atoms with Gasteiger partial charge in [-0.1, -0.05) is 18.2 Å². The first-order valence-corrected chi connectivity index (χ1v) is 4.65. The number of ether oxygens (including phenoxy) is 1. The van der Waals surface area contributed by atoms with Gasteiger partial charge in [-0.05, 0) is 18.1 Å². The molecule has 82 valence electrons. The van der Waals surface area contributed by atoms with E-state index in [0.29, 0.717) is 6.54 Å². The summed E-state index contributed by atoms with van der Waals surface area (Å²) in [6, 6.07) is 5.98. The lowest BCUT2D eigenvalue weighted by Gasteiger charge is -2.07. The predicted octanol–water partition coefficient (Wildman–Crippen LogP) is 2.10. The zero-order valence-corrected chi connectivity index (χ0v) is 9.56. The molecule has 0 amide bonds. The largest absolute Gasteiger partial charge is 0.468 e. The van der Waals surface area contributed by atoms with E-state index in [1.165, 1.54) is 12.7 Å². The van der Waals surface area contributed by atoms with E-state index >= 15 is 0 Å². The number of anilines is 1. The molecule has 1 N–H and O–H groups in total. The van der Waals surface area contributed by atoms with Crippen molar-refractivity contribution in [2.45, 2.75) is 12.8 Å². The number of rotatable bonds is 1. The molecule has 1 aromatic rings. The van der Waals surface area contributed by atoms with Crippen LogP contribution in [-0.2, 0) is 9.53 Å². The lowest BCUT2D eigenvalue weighted by atomic mass is 10.00. The number of hydrogen-bond donors (Lipinski definition) is 1. The summed E-state index contributed by atoms with van der Waals surface area (Å²) in [7, 11) is 1.43. The van der Waals surface area contributed by atoms with E-state index in [1.54, 1.807) is 0 Å². The fourth-order valence-corrected chi connectivity index (χ4v) is 1.89. The number of aryl methyl sites for hydroxylation is 1. The summed E-state index contributed by atoms with van der Waals surface area (Å²) in [5, 5.41) is 3.23. The lowest BCUT2D eigenvalue weighted by Crippen LogP contribution is -2.15. The summed E-state index contributed by atoms with van der Waals surface area (Å²) < 4.78 is 4.75. The fourth-order valence-electron chi connectivity index (χ4n) is 1.89. The van der Waals surface area contributed by atoms with Crippen LogP contribution in [0.15, 0.2) is 18.2 Å². The molecule has 4 heteroatoms. The summed E-state index contributed by atoms with van der Waals surface area (Å²) in [6.07, 6.45) is 0. The Morgan fingerprint density at radius 3 is 2.93 bits per heavy atom. The van der Waals surface area contributed by atoms with Crippen LogP contribution in [0, 0.1) is 6.92 Å². The van der Waals surface area contributed by atoms with Crippen molar-refractivity contribution in [3.8, 4) is 0 Å². The van der Waals surface area contributed by atoms with Crippen molar-refractivity contribution >= 4 is 24.1 Å². The molecule has 0 spiro atoms. The highest BCUT2D eigenvalue weighted by molar-refractivity contribution is 5.85. The van der Waals surface area contributed by atoms with Crippen LogP contribution in [0.1, 0.15) is 17.0 Å². The number of esters is 1. The molecule has 0 saturated heterocycles. The summed E-state index contributed by atoms with van der Waals surface area (Å²) in [5.41, 5.74) is 3.31. The van der Waals surface area contributed by atoms with Gasteiger partial charge in [0.25, 0.3) is 0 Å². The van der Waals surface area contributed by atoms with Gasteiger partial charge in [-0.2, -0.15) is 0 Å². The van der Waals surface area contributed by atoms with E-state index < -0.39 is 0 Å². The van der Waals surface area contributed by atoms with Crippen LogP contribution >= 0.6 is 12.4 Å². The third-order valence-electron chi connectivity index (χ3n) is 2.65. The first kappa shape index (κ1) is 11.9. The molecule has 0 aromatic heterocycles. The lowest BCUT2D eigenvalue weighted by molar-refractivity contribution is -0.141. The summed E-state index contributed by atoms with van der Waals surface area (Å²) >= 11 is 0. The average molecular weight is 228 g/mol. The van der Waals surface area contributed by atoms with Crippen molar-refractivity contribution in [1.29, 1.82) is 0 Å². The van der Waals surface area contributed by atoms with E-state index in [1.807, 2.05) is 25.1 Å². The second-order valence-corrected chi connectivity index (χ2v) is 3.50. The van der Waals surface area contributed by atoms with E-state index in [2.05, 4.69) is 5.32 Å². The minimum atomic E-state index is -0.165. The number of carbonyl (C=O) groups is 1. The Morgan fingerprint density at radius 2 is 2.27 bits per heavy atom. The molecule has 0 aliphatic carbocycles. The average Bonchev–Trinajstić information content (AvgIpc) is 2.62. The van der Waals surface area contributed by atoms with Gasteiger partial charge in [-0.3, -0.25) is 4.79 Å². The van der Waals surface area contributed by atoms with Gasteiger partial charge >= 0.3 is 5.97 Å². The molecule has 15 heavy (non-hydrogen) atoms. The van der Waals surface area contributed by atoms with Crippen molar-refractivity contribution in [2.75, 3.05) is 19.0 Å². The van der Waals surface area contributed by atoms with Crippen LogP contribution in [-0.4, -0.2) is 19.6 Å². The minimum Gasteiger partial charge on any atom is -0.468 e. The van der Waals surface area contributed by atoms with Crippen LogP contribution in [0.3, 0.4) is 0 Å². The van der Waals surface area contributed by atoms with Gasteiger partial charge in [0.05, 0.1) is 7.11 Å². The molecule has 1 atom stereocenters. The number of nitrogens with one attached hydrogen (secondary N) is 1. The zero-order chi connectivity index (χ0) is 10.1. The van der Waals surface area contributed by atoms with E-state index in [9.17, 15) is 4.79 Å². The van der Waals surface area contributed by atoms with Gasteiger partial charge < -0.3 is 10.1 Å². The molecule has 2 rings (SSSR count). The molecule has 3 nitrogen and oxygen atoms in total. The van der Waals surface area contributed by atoms with E-state index in [-0.39, 0.29) is 24.3 Å². The highest BCUT2D eigenvalue weighted by Gasteiger charge is 2.29. The third kappa shape index (κ3) is 1.92. The molecular weight excluding hydrogens is 214 g/mol. The molecule has 0 fully saturated rings. The van der Waals surface area contributed by atoms with Crippen LogP contribution in [0.5, 0.6) is 0 Å². The molecule has 1 heterocycles. The summed E-state index contributed by atoms with van der Waals surface area (Å²) in [4.78, 5) is 11.4. The second-order valence-electron chi connectivity index (χ2n) is 3.50. The smallest absolute Gasteiger partial charge is 0.315 e. The molecule has 1 unspecified atom stereocenters. The van der Waals surface area contributed by atoms with E-state index in [4.69, 9.17) is 4.74 Å². The number of fused-ring (bicyclic) bond motifs is 1.